The normalized spacial score (nSPS) is 11.6. The van der Waals surface area contributed by atoms with Gasteiger partial charge in [0.05, 0.1) is 5.41 Å². The molecule has 0 unspecified atom stereocenters. The summed E-state index contributed by atoms with van der Waals surface area (Å²) in [5.74, 6) is -0.740. The van der Waals surface area contributed by atoms with E-state index < -0.39 is 11.4 Å². The standard InChI is InChI=1S/C15H23NO2/c1-11-5-6-12(2)13(9-11)10-16-8-7-15(3,4)14(17)18/h5-6,9,16H,7-8,10H2,1-4H3,(H,17,18). The molecule has 1 aromatic rings. The Hall–Kier alpha value is -1.35. The maximum absolute atomic E-state index is 11.0. The summed E-state index contributed by atoms with van der Waals surface area (Å²) < 4.78 is 0. The van der Waals surface area contributed by atoms with Crippen LogP contribution in [0.25, 0.3) is 0 Å². The van der Waals surface area contributed by atoms with Gasteiger partial charge in [0, 0.05) is 6.54 Å². The van der Waals surface area contributed by atoms with Crippen molar-refractivity contribution in [3.05, 3.63) is 34.9 Å². The lowest BCUT2D eigenvalue weighted by Crippen LogP contribution is -2.28. The second-order valence-electron chi connectivity index (χ2n) is 5.55. The highest BCUT2D eigenvalue weighted by atomic mass is 16.4. The summed E-state index contributed by atoms with van der Waals surface area (Å²) in [5, 5.41) is 12.3. The Morgan fingerprint density at radius 1 is 1.33 bits per heavy atom. The number of carbonyl (C=O) groups is 1. The minimum Gasteiger partial charge on any atom is -0.481 e. The highest BCUT2D eigenvalue weighted by molar-refractivity contribution is 5.73. The first-order chi connectivity index (χ1) is 8.33. The van der Waals surface area contributed by atoms with Crippen molar-refractivity contribution in [3.63, 3.8) is 0 Å². The minimum atomic E-state index is -0.740. The van der Waals surface area contributed by atoms with Crippen molar-refractivity contribution >= 4 is 5.97 Å². The maximum atomic E-state index is 11.0. The largest absolute Gasteiger partial charge is 0.481 e. The number of hydrogen-bond donors (Lipinski definition) is 2. The molecule has 0 saturated carbocycles. The Labute approximate surface area is 109 Å². The van der Waals surface area contributed by atoms with E-state index in [-0.39, 0.29) is 0 Å². The van der Waals surface area contributed by atoms with Crippen molar-refractivity contribution in [2.24, 2.45) is 5.41 Å². The van der Waals surface area contributed by atoms with Gasteiger partial charge in [-0.05, 0) is 51.8 Å². The molecule has 0 aliphatic carbocycles. The Morgan fingerprint density at radius 2 is 2.00 bits per heavy atom. The van der Waals surface area contributed by atoms with E-state index in [0.717, 1.165) is 6.54 Å². The fourth-order valence-corrected chi connectivity index (χ4v) is 1.72. The van der Waals surface area contributed by atoms with Crippen LogP contribution in [0.5, 0.6) is 0 Å². The number of aryl methyl sites for hydroxylation is 2. The van der Waals surface area contributed by atoms with Gasteiger partial charge in [-0.1, -0.05) is 23.8 Å². The number of carboxylic acids is 1. The van der Waals surface area contributed by atoms with Gasteiger partial charge in [0.1, 0.15) is 0 Å². The van der Waals surface area contributed by atoms with E-state index in [4.69, 9.17) is 5.11 Å². The summed E-state index contributed by atoms with van der Waals surface area (Å²) in [7, 11) is 0. The van der Waals surface area contributed by atoms with Crippen molar-refractivity contribution in [1.29, 1.82) is 0 Å². The van der Waals surface area contributed by atoms with Crippen LogP contribution in [0.4, 0.5) is 0 Å². The number of benzene rings is 1. The first-order valence-corrected chi connectivity index (χ1v) is 6.33. The van der Waals surface area contributed by atoms with Crippen molar-refractivity contribution in [3.8, 4) is 0 Å². The molecule has 1 aromatic carbocycles. The summed E-state index contributed by atoms with van der Waals surface area (Å²) in [6.45, 7) is 9.20. The first kappa shape index (κ1) is 14.7. The predicted molar refractivity (Wildman–Crippen MR) is 73.7 cm³/mol. The van der Waals surface area contributed by atoms with Crippen molar-refractivity contribution in [2.45, 2.75) is 40.7 Å². The Balaban J connectivity index is 2.43. The van der Waals surface area contributed by atoms with Gasteiger partial charge in [0.15, 0.2) is 0 Å². The summed E-state index contributed by atoms with van der Waals surface area (Å²) in [6.07, 6.45) is 0.632. The summed E-state index contributed by atoms with van der Waals surface area (Å²) in [6, 6.07) is 6.39. The van der Waals surface area contributed by atoms with Gasteiger partial charge in [0.2, 0.25) is 0 Å². The Kier molecular flexibility index (Phi) is 4.91. The van der Waals surface area contributed by atoms with Crippen LogP contribution in [0.1, 0.15) is 37.0 Å². The van der Waals surface area contributed by atoms with Crippen LogP contribution < -0.4 is 5.32 Å². The lowest BCUT2D eigenvalue weighted by atomic mass is 9.89. The molecular formula is C15H23NO2. The molecule has 0 spiro atoms. The van der Waals surface area contributed by atoms with Crippen LogP contribution in [0.15, 0.2) is 18.2 Å². The zero-order valence-corrected chi connectivity index (χ0v) is 11.7. The lowest BCUT2D eigenvalue weighted by molar-refractivity contribution is -0.147. The molecule has 0 saturated heterocycles. The molecule has 0 fully saturated rings. The monoisotopic (exact) mass is 249 g/mol. The molecule has 0 heterocycles. The highest BCUT2D eigenvalue weighted by Crippen LogP contribution is 2.19. The van der Waals surface area contributed by atoms with E-state index >= 15 is 0 Å². The molecule has 3 nitrogen and oxygen atoms in total. The fraction of sp³-hybridized carbons (Fsp3) is 0.533. The zero-order chi connectivity index (χ0) is 13.8. The van der Waals surface area contributed by atoms with Gasteiger partial charge < -0.3 is 10.4 Å². The fourth-order valence-electron chi connectivity index (χ4n) is 1.72. The maximum Gasteiger partial charge on any atom is 0.309 e. The van der Waals surface area contributed by atoms with Crippen molar-refractivity contribution < 1.29 is 9.90 Å². The molecule has 0 aliphatic rings. The number of carboxylic acid groups (broad SMARTS) is 1. The van der Waals surface area contributed by atoms with Crippen molar-refractivity contribution in [2.75, 3.05) is 6.54 Å². The average Bonchev–Trinajstić information content (AvgIpc) is 2.28. The van der Waals surface area contributed by atoms with Gasteiger partial charge >= 0.3 is 5.97 Å². The highest BCUT2D eigenvalue weighted by Gasteiger charge is 2.25. The topological polar surface area (TPSA) is 49.3 Å². The number of rotatable bonds is 6. The third kappa shape index (κ3) is 4.15. The second kappa shape index (κ2) is 6.01. The third-order valence-electron chi connectivity index (χ3n) is 3.33. The molecular weight excluding hydrogens is 226 g/mol. The van der Waals surface area contributed by atoms with E-state index in [0.29, 0.717) is 13.0 Å². The Morgan fingerprint density at radius 3 is 2.61 bits per heavy atom. The lowest BCUT2D eigenvalue weighted by Gasteiger charge is -2.19. The SMILES string of the molecule is Cc1ccc(C)c(CNCCC(C)(C)C(=O)O)c1. The van der Waals surface area contributed by atoms with Crippen LogP contribution >= 0.6 is 0 Å². The molecule has 0 bridgehead atoms. The van der Waals surface area contributed by atoms with E-state index in [1.165, 1.54) is 16.7 Å². The van der Waals surface area contributed by atoms with Crippen LogP contribution in [0, 0.1) is 19.3 Å². The number of aliphatic carboxylic acids is 1. The van der Waals surface area contributed by atoms with Crippen LogP contribution in [0.2, 0.25) is 0 Å². The smallest absolute Gasteiger partial charge is 0.309 e. The molecule has 0 aliphatic heterocycles. The van der Waals surface area contributed by atoms with E-state index in [9.17, 15) is 4.79 Å². The minimum absolute atomic E-state index is 0.632. The number of nitrogens with one attached hydrogen (secondary N) is 1. The van der Waals surface area contributed by atoms with E-state index in [2.05, 4.69) is 37.4 Å². The summed E-state index contributed by atoms with van der Waals surface area (Å²) >= 11 is 0. The van der Waals surface area contributed by atoms with Gasteiger partial charge in [-0.2, -0.15) is 0 Å². The molecule has 18 heavy (non-hydrogen) atoms. The molecule has 0 atom stereocenters. The van der Waals surface area contributed by atoms with Crippen LogP contribution in [-0.4, -0.2) is 17.6 Å². The molecule has 0 amide bonds. The van der Waals surface area contributed by atoms with Gasteiger partial charge in [-0.25, -0.2) is 0 Å². The molecule has 0 aromatic heterocycles. The third-order valence-corrected chi connectivity index (χ3v) is 3.33. The number of hydrogen-bond acceptors (Lipinski definition) is 2. The average molecular weight is 249 g/mol. The van der Waals surface area contributed by atoms with Gasteiger partial charge in [-0.3, -0.25) is 4.79 Å². The quantitative estimate of drug-likeness (QED) is 0.762. The zero-order valence-electron chi connectivity index (χ0n) is 11.7. The predicted octanol–water partition coefficient (Wildman–Crippen LogP) is 2.89. The molecule has 100 valence electrons. The molecule has 2 N–H and O–H groups in total. The van der Waals surface area contributed by atoms with Crippen LogP contribution in [0.3, 0.4) is 0 Å². The molecule has 0 radical (unpaired) electrons. The van der Waals surface area contributed by atoms with Gasteiger partial charge in [0.25, 0.3) is 0 Å². The van der Waals surface area contributed by atoms with Gasteiger partial charge in [-0.15, -0.1) is 0 Å². The summed E-state index contributed by atoms with van der Waals surface area (Å²) in [5.41, 5.74) is 3.14. The van der Waals surface area contributed by atoms with E-state index in [1.807, 2.05) is 0 Å². The second-order valence-corrected chi connectivity index (χ2v) is 5.55. The van der Waals surface area contributed by atoms with Crippen molar-refractivity contribution in [1.82, 2.24) is 5.32 Å². The molecule has 1 rings (SSSR count). The molecule has 3 heteroatoms. The first-order valence-electron chi connectivity index (χ1n) is 6.33. The van der Waals surface area contributed by atoms with E-state index in [1.54, 1.807) is 13.8 Å². The Bertz CT molecular complexity index is 425. The van der Waals surface area contributed by atoms with Crippen LogP contribution in [-0.2, 0) is 11.3 Å². The summed E-state index contributed by atoms with van der Waals surface area (Å²) in [4.78, 5) is 11.0.